The molecule has 1 saturated heterocycles. The van der Waals surface area contributed by atoms with Crippen LogP contribution in [0.1, 0.15) is 23.7 Å². The average molecular weight is 313 g/mol. The van der Waals surface area contributed by atoms with Crippen molar-refractivity contribution in [3.05, 3.63) is 71.8 Å². The van der Waals surface area contributed by atoms with E-state index < -0.39 is 0 Å². The van der Waals surface area contributed by atoms with E-state index >= 15 is 0 Å². The van der Waals surface area contributed by atoms with Crippen LogP contribution in [0, 0.1) is 0 Å². The highest BCUT2D eigenvalue weighted by Crippen LogP contribution is 2.36. The van der Waals surface area contributed by atoms with E-state index in [2.05, 4.69) is 24.3 Å². The molecule has 122 valence electrons. The number of nitrogens with zero attached hydrogens (tertiary/aromatic N) is 1. The first-order chi connectivity index (χ1) is 11.3. The van der Waals surface area contributed by atoms with Gasteiger partial charge in [-0.2, -0.15) is 5.06 Å². The zero-order valence-corrected chi connectivity index (χ0v) is 13.6. The van der Waals surface area contributed by atoms with Crippen LogP contribution in [0.4, 0.5) is 0 Å². The molecule has 0 radical (unpaired) electrons. The molecule has 2 aromatic rings. The summed E-state index contributed by atoms with van der Waals surface area (Å²) in [6.07, 6.45) is 0.550. The maximum Gasteiger partial charge on any atom is 0.174 e. The highest BCUT2D eigenvalue weighted by Gasteiger charge is 2.39. The van der Waals surface area contributed by atoms with Crippen LogP contribution in [0.2, 0.25) is 0 Å². The third kappa shape index (κ3) is 3.79. The summed E-state index contributed by atoms with van der Waals surface area (Å²) in [6.45, 7) is 0.706. The lowest BCUT2D eigenvalue weighted by molar-refractivity contribution is -0.223. The van der Waals surface area contributed by atoms with Crippen molar-refractivity contribution < 1.29 is 14.3 Å². The minimum Gasteiger partial charge on any atom is -0.354 e. The van der Waals surface area contributed by atoms with E-state index in [0.29, 0.717) is 6.54 Å². The Morgan fingerprint density at radius 1 is 1.00 bits per heavy atom. The Morgan fingerprint density at radius 2 is 1.61 bits per heavy atom. The third-order valence-electron chi connectivity index (χ3n) is 4.22. The molecule has 2 atom stereocenters. The number of ether oxygens (including phenoxy) is 2. The number of hydroxylamine groups is 2. The molecule has 0 aromatic heterocycles. The van der Waals surface area contributed by atoms with Gasteiger partial charge in [0.25, 0.3) is 0 Å². The lowest BCUT2D eigenvalue weighted by Crippen LogP contribution is -2.40. The van der Waals surface area contributed by atoms with Gasteiger partial charge >= 0.3 is 0 Å². The van der Waals surface area contributed by atoms with Crippen LogP contribution in [-0.4, -0.2) is 31.6 Å². The van der Waals surface area contributed by atoms with E-state index in [1.165, 1.54) is 11.1 Å². The van der Waals surface area contributed by atoms with Crippen LogP contribution in [-0.2, 0) is 20.9 Å². The number of hydrogen-bond acceptors (Lipinski definition) is 4. The maximum absolute atomic E-state index is 6.22. The largest absolute Gasteiger partial charge is 0.354 e. The van der Waals surface area contributed by atoms with Crippen molar-refractivity contribution in [2.75, 3.05) is 14.2 Å². The van der Waals surface area contributed by atoms with Gasteiger partial charge in [-0.15, -0.1) is 0 Å². The fraction of sp³-hybridized carbons (Fsp3) is 0.368. The molecule has 0 aliphatic carbocycles. The molecule has 0 bridgehead atoms. The van der Waals surface area contributed by atoms with Crippen LogP contribution in [0.3, 0.4) is 0 Å². The van der Waals surface area contributed by atoms with E-state index in [1.807, 2.05) is 41.5 Å². The standard InChI is InChI=1S/C19H23NO3/c1-21-19(22-2)17-13-18(16-11-7-4-8-12-16)23-20(17)14-15-9-5-3-6-10-15/h3-12,17-19H,13-14H2,1-2H3/t17-,18+/m0/s1. The quantitative estimate of drug-likeness (QED) is 0.763. The summed E-state index contributed by atoms with van der Waals surface area (Å²) in [4.78, 5) is 6.22. The summed E-state index contributed by atoms with van der Waals surface area (Å²) in [7, 11) is 3.34. The van der Waals surface area contributed by atoms with Gasteiger partial charge in [0.15, 0.2) is 6.29 Å². The van der Waals surface area contributed by atoms with Gasteiger partial charge in [0, 0.05) is 27.2 Å². The zero-order chi connectivity index (χ0) is 16.1. The second kappa shape index (κ2) is 7.70. The fourth-order valence-electron chi connectivity index (χ4n) is 3.06. The molecule has 0 amide bonds. The second-order valence-electron chi connectivity index (χ2n) is 5.71. The van der Waals surface area contributed by atoms with Crippen molar-refractivity contribution in [3.8, 4) is 0 Å². The van der Waals surface area contributed by atoms with Crippen molar-refractivity contribution in [2.24, 2.45) is 0 Å². The Labute approximate surface area is 137 Å². The van der Waals surface area contributed by atoms with Crippen molar-refractivity contribution in [3.63, 3.8) is 0 Å². The topological polar surface area (TPSA) is 30.9 Å². The lowest BCUT2D eigenvalue weighted by Gasteiger charge is -2.27. The Morgan fingerprint density at radius 3 is 2.22 bits per heavy atom. The number of benzene rings is 2. The highest BCUT2D eigenvalue weighted by molar-refractivity contribution is 5.19. The maximum atomic E-state index is 6.22. The highest BCUT2D eigenvalue weighted by atomic mass is 16.7. The smallest absolute Gasteiger partial charge is 0.174 e. The molecule has 1 aliphatic heterocycles. The summed E-state index contributed by atoms with van der Waals surface area (Å²) >= 11 is 0. The predicted molar refractivity (Wildman–Crippen MR) is 88.5 cm³/mol. The van der Waals surface area contributed by atoms with Crippen molar-refractivity contribution >= 4 is 0 Å². The summed E-state index contributed by atoms with van der Waals surface area (Å²) in [5.74, 6) is 0. The molecular formula is C19H23NO3. The van der Waals surface area contributed by atoms with E-state index in [-0.39, 0.29) is 18.4 Å². The molecule has 0 N–H and O–H groups in total. The normalized spacial score (nSPS) is 21.9. The lowest BCUT2D eigenvalue weighted by atomic mass is 10.0. The Balaban J connectivity index is 1.79. The van der Waals surface area contributed by atoms with Gasteiger partial charge < -0.3 is 9.47 Å². The summed E-state index contributed by atoms with van der Waals surface area (Å²) < 4.78 is 11.0. The first-order valence-electron chi connectivity index (χ1n) is 7.89. The first kappa shape index (κ1) is 16.1. The molecule has 4 heteroatoms. The Hall–Kier alpha value is -1.72. The Bertz CT molecular complexity index is 586. The van der Waals surface area contributed by atoms with Gasteiger partial charge in [0.1, 0.15) is 6.10 Å². The van der Waals surface area contributed by atoms with Gasteiger partial charge in [-0.05, 0) is 11.1 Å². The number of rotatable bonds is 6. The monoisotopic (exact) mass is 313 g/mol. The third-order valence-corrected chi connectivity index (χ3v) is 4.22. The molecule has 0 unspecified atom stereocenters. The molecule has 1 heterocycles. The second-order valence-corrected chi connectivity index (χ2v) is 5.71. The van der Waals surface area contributed by atoms with Crippen LogP contribution < -0.4 is 0 Å². The first-order valence-corrected chi connectivity index (χ1v) is 7.89. The van der Waals surface area contributed by atoms with Crippen molar-refractivity contribution in [1.29, 1.82) is 0 Å². The van der Waals surface area contributed by atoms with E-state index in [0.717, 1.165) is 6.42 Å². The minimum atomic E-state index is -0.313. The molecule has 0 saturated carbocycles. The van der Waals surface area contributed by atoms with Gasteiger partial charge in [0.05, 0.1) is 6.04 Å². The van der Waals surface area contributed by atoms with E-state index in [1.54, 1.807) is 14.2 Å². The molecule has 1 aliphatic rings. The van der Waals surface area contributed by atoms with Crippen LogP contribution in [0.15, 0.2) is 60.7 Å². The van der Waals surface area contributed by atoms with Gasteiger partial charge in [-0.1, -0.05) is 60.7 Å². The van der Waals surface area contributed by atoms with Crippen LogP contribution in [0.25, 0.3) is 0 Å². The average Bonchev–Trinajstić information content (AvgIpc) is 3.02. The summed E-state index contributed by atoms with van der Waals surface area (Å²) in [5, 5.41) is 1.99. The fourth-order valence-corrected chi connectivity index (χ4v) is 3.06. The van der Waals surface area contributed by atoms with Gasteiger partial charge in [0.2, 0.25) is 0 Å². The van der Waals surface area contributed by atoms with Crippen LogP contribution in [0.5, 0.6) is 0 Å². The zero-order valence-electron chi connectivity index (χ0n) is 13.6. The molecule has 3 rings (SSSR count). The molecule has 2 aromatic carbocycles. The van der Waals surface area contributed by atoms with Gasteiger partial charge in [-0.25, -0.2) is 0 Å². The van der Waals surface area contributed by atoms with E-state index in [4.69, 9.17) is 14.3 Å². The molecule has 4 nitrogen and oxygen atoms in total. The minimum absolute atomic E-state index is 0.0257. The van der Waals surface area contributed by atoms with Crippen molar-refractivity contribution in [2.45, 2.75) is 31.4 Å². The molecular weight excluding hydrogens is 290 g/mol. The summed E-state index contributed by atoms with van der Waals surface area (Å²) in [5.41, 5.74) is 2.39. The number of hydrogen-bond donors (Lipinski definition) is 0. The number of methoxy groups -OCH3 is 2. The predicted octanol–water partition coefficient (Wildman–Crippen LogP) is 3.55. The SMILES string of the molecule is COC(OC)[C@@H]1C[C@H](c2ccccc2)ON1Cc1ccccc1. The molecule has 1 fully saturated rings. The van der Waals surface area contributed by atoms with Crippen molar-refractivity contribution in [1.82, 2.24) is 5.06 Å². The molecule has 23 heavy (non-hydrogen) atoms. The van der Waals surface area contributed by atoms with Gasteiger partial charge in [-0.3, -0.25) is 4.84 Å². The Kier molecular flexibility index (Phi) is 5.41. The summed E-state index contributed by atoms with van der Waals surface area (Å²) in [6, 6.07) is 20.7. The molecule has 0 spiro atoms. The van der Waals surface area contributed by atoms with Crippen LogP contribution >= 0.6 is 0 Å². The van der Waals surface area contributed by atoms with E-state index in [9.17, 15) is 0 Å².